The van der Waals surface area contributed by atoms with Crippen molar-refractivity contribution in [2.24, 2.45) is 0 Å². The predicted octanol–water partition coefficient (Wildman–Crippen LogP) is 22.6. The van der Waals surface area contributed by atoms with E-state index in [1.807, 2.05) is 77.7 Å². The fraction of sp³-hybridized carbons (Fsp3) is 0.195. The molecule has 0 N–H and O–H groups in total. The standard InChI is InChI=1S/C82H75N4O2.Pt/c1-79(2,3)58-38-34-56(35-39-58)70-48-61(82(10,11)12)49-71(57-36-40-59(41-37-57)80(4,5)6)78(70)88-64-44-45-83-76(52-64)86-72-31-20-19-28-68(72)69-43-42-63(51-75(69)86)87-65-47-60(81(7,8)9)46-62(50-65)84-53-85(74-33-22-21-32-73(74)84)77-66(54-24-15-13-16-25-54)29-23-30-67(77)55-26-17-14-18-27-55;/h13-49,52-53H,1-12H3;/q-3;/i13D,14D,15D,16D,17D,18D,24D,25D,26D,27D;. The van der Waals surface area contributed by atoms with Crippen molar-refractivity contribution in [2.45, 2.75) is 105 Å². The fourth-order valence-electron chi connectivity index (χ4n) is 11.5. The first-order valence-corrected chi connectivity index (χ1v) is 29.8. The molecule has 0 radical (unpaired) electrons. The van der Waals surface area contributed by atoms with E-state index in [9.17, 15) is 5.48 Å². The maximum atomic E-state index is 9.20. The second kappa shape index (κ2) is 23.5. The quantitative estimate of drug-likeness (QED) is 0.121. The van der Waals surface area contributed by atoms with Crippen LogP contribution >= 0.6 is 0 Å². The van der Waals surface area contributed by atoms with Gasteiger partial charge in [-0.1, -0.05) is 246 Å². The monoisotopic (exact) mass is 1350 g/mol. The van der Waals surface area contributed by atoms with Gasteiger partial charge in [-0.3, -0.25) is 0 Å². The van der Waals surface area contributed by atoms with E-state index < -0.39 is 65.8 Å². The van der Waals surface area contributed by atoms with E-state index in [0.29, 0.717) is 45.6 Å². The van der Waals surface area contributed by atoms with Gasteiger partial charge in [0.1, 0.15) is 17.3 Å². The summed E-state index contributed by atoms with van der Waals surface area (Å²) >= 11 is 0. The average molecular weight is 1350 g/mol. The molecule has 448 valence electrons. The minimum absolute atomic E-state index is 0. The van der Waals surface area contributed by atoms with Gasteiger partial charge in [-0.05, 0) is 102 Å². The van der Waals surface area contributed by atoms with Crippen LogP contribution in [-0.2, 0) is 42.7 Å². The number of benzene rings is 10. The molecule has 6 nitrogen and oxygen atoms in total. The van der Waals surface area contributed by atoms with Crippen molar-refractivity contribution in [3.63, 3.8) is 0 Å². The van der Waals surface area contributed by atoms with Gasteiger partial charge in [0.05, 0.1) is 13.7 Å². The van der Waals surface area contributed by atoms with Gasteiger partial charge in [0.15, 0.2) is 0 Å². The summed E-state index contributed by atoms with van der Waals surface area (Å²) in [6.07, 6.45) is 1.78. The number of hydrogen-bond donors (Lipinski definition) is 0. The summed E-state index contributed by atoms with van der Waals surface area (Å²) < 4.78 is 105. The minimum Gasteiger partial charge on any atom is -0.509 e. The third-order valence-corrected chi connectivity index (χ3v) is 16.4. The maximum Gasteiger partial charge on any atom is 0.143 e. The normalized spacial score (nSPS) is 14.3. The molecule has 0 atom stereocenters. The van der Waals surface area contributed by atoms with E-state index in [2.05, 4.69) is 173 Å². The molecule has 13 rings (SSSR count). The van der Waals surface area contributed by atoms with Gasteiger partial charge in [0.2, 0.25) is 0 Å². The number of hydrogen-bond acceptors (Lipinski definition) is 5. The Bertz CT molecular complexity index is 4970. The van der Waals surface area contributed by atoms with Crippen LogP contribution < -0.4 is 19.3 Å². The number of rotatable bonds is 11. The van der Waals surface area contributed by atoms with Gasteiger partial charge in [0, 0.05) is 89.7 Å². The summed E-state index contributed by atoms with van der Waals surface area (Å²) in [6.45, 7) is 28.2. The van der Waals surface area contributed by atoms with Crippen molar-refractivity contribution in [2.75, 3.05) is 9.80 Å². The van der Waals surface area contributed by atoms with Crippen LogP contribution in [0.1, 0.15) is 119 Å². The number of anilines is 4. The molecule has 1 aliphatic rings. The molecule has 0 saturated heterocycles. The zero-order valence-corrected chi connectivity index (χ0v) is 54.4. The molecule has 0 spiro atoms. The molecule has 0 bridgehead atoms. The molecular formula is C82H75N4O2Pt-3. The molecule has 0 amide bonds. The van der Waals surface area contributed by atoms with Gasteiger partial charge in [-0.2, -0.15) is 6.07 Å². The molecule has 12 aromatic rings. The third-order valence-electron chi connectivity index (χ3n) is 16.4. The molecular weight excluding hydrogens is 1270 g/mol. The smallest absolute Gasteiger partial charge is 0.143 e. The van der Waals surface area contributed by atoms with Crippen LogP contribution in [0.2, 0.25) is 0 Å². The van der Waals surface area contributed by atoms with Crippen LogP contribution in [0.15, 0.2) is 230 Å². The van der Waals surface area contributed by atoms with Gasteiger partial charge < -0.3 is 23.8 Å². The number of aromatic nitrogens is 2. The first-order valence-electron chi connectivity index (χ1n) is 34.8. The summed E-state index contributed by atoms with van der Waals surface area (Å²) in [5, 5.41) is 1.90. The van der Waals surface area contributed by atoms with E-state index in [1.54, 1.807) is 36.0 Å². The second-order valence-electron chi connectivity index (χ2n) is 26.7. The molecule has 0 saturated carbocycles. The Hall–Kier alpha value is -8.96. The van der Waals surface area contributed by atoms with Crippen LogP contribution in [0.25, 0.3) is 72.1 Å². The number of para-hydroxylation sites is 4. The van der Waals surface area contributed by atoms with E-state index >= 15 is 0 Å². The van der Waals surface area contributed by atoms with Crippen LogP contribution in [0.5, 0.6) is 23.0 Å². The first kappa shape index (κ1) is 49.0. The summed E-state index contributed by atoms with van der Waals surface area (Å²) in [7, 11) is 0. The van der Waals surface area contributed by atoms with E-state index in [4.69, 9.17) is 22.7 Å². The molecule has 89 heavy (non-hydrogen) atoms. The average Bonchev–Trinajstić information content (AvgIpc) is 1.65. The van der Waals surface area contributed by atoms with Gasteiger partial charge in [0.25, 0.3) is 0 Å². The molecule has 3 heterocycles. The summed E-state index contributed by atoms with van der Waals surface area (Å²) in [5.74, 6) is 2.67. The Morgan fingerprint density at radius 1 is 0.438 bits per heavy atom. The molecule has 7 heteroatoms. The zero-order valence-electron chi connectivity index (χ0n) is 62.2. The van der Waals surface area contributed by atoms with Gasteiger partial charge in [-0.25, -0.2) is 4.98 Å². The van der Waals surface area contributed by atoms with Crippen molar-refractivity contribution >= 4 is 44.6 Å². The number of nitrogens with zero attached hydrogens (tertiary/aromatic N) is 4. The number of pyridine rings is 1. The number of fused-ring (bicyclic) bond motifs is 4. The largest absolute Gasteiger partial charge is 0.509 e. The first-order chi connectivity index (χ1) is 46.3. The van der Waals surface area contributed by atoms with E-state index in [0.717, 1.165) is 49.9 Å². The molecule has 0 fully saturated rings. The van der Waals surface area contributed by atoms with Crippen LogP contribution in [0.4, 0.5) is 22.7 Å². The molecule has 1 aliphatic heterocycles. The van der Waals surface area contributed by atoms with Crippen LogP contribution in [0.3, 0.4) is 0 Å². The van der Waals surface area contributed by atoms with Crippen LogP contribution in [0, 0.1) is 18.8 Å². The van der Waals surface area contributed by atoms with Crippen LogP contribution in [-0.4, -0.2) is 9.55 Å². The second-order valence-corrected chi connectivity index (χ2v) is 26.7. The summed E-state index contributed by atoms with van der Waals surface area (Å²) in [5.41, 5.74) is 11.5. The summed E-state index contributed by atoms with van der Waals surface area (Å²) in [6, 6.07) is 56.5. The number of ether oxygens (including phenoxy) is 2. The Labute approximate surface area is 554 Å². The topological polar surface area (TPSA) is 42.8 Å². The minimum atomic E-state index is -0.574. The molecule has 2 aromatic heterocycles. The third kappa shape index (κ3) is 12.0. The van der Waals surface area contributed by atoms with Crippen molar-refractivity contribution in [1.29, 1.82) is 0 Å². The van der Waals surface area contributed by atoms with E-state index in [-0.39, 0.29) is 65.3 Å². The molecule has 0 unspecified atom stereocenters. The Morgan fingerprint density at radius 2 is 0.966 bits per heavy atom. The van der Waals surface area contributed by atoms with Crippen molar-refractivity contribution in [3.05, 3.63) is 271 Å². The summed E-state index contributed by atoms with van der Waals surface area (Å²) in [4.78, 5) is 8.73. The predicted molar refractivity (Wildman–Crippen MR) is 367 cm³/mol. The Kier molecular flexibility index (Phi) is 12.9. The SMILES string of the molecule is [2H]c1c([2H])c([2H])c(-c2cccc(-c3c([2H])c([2H])c([2H])c([2H])c3[2H])c2N2[CH-]N(c3[c-]c(Oc4[c-]c5c(cc4)c4ccccc4n5-c4cc(Oc5c(-c6ccc(C(C)(C)C)cc6)cc(C(C)(C)C)cc5-c5ccc(C(C)(C)C)cc5)ccn4)cc(C(C)(C)C)c3)c3ccccc32)c([2H])c1[2H].[Pt]. The molecule has 0 aliphatic carbocycles. The maximum absolute atomic E-state index is 9.20. The van der Waals surface area contributed by atoms with Gasteiger partial charge in [-0.15, -0.1) is 53.6 Å². The van der Waals surface area contributed by atoms with Crippen molar-refractivity contribution in [3.8, 4) is 73.3 Å². The van der Waals surface area contributed by atoms with E-state index in [1.165, 1.54) is 16.7 Å². The molecule has 10 aromatic carbocycles. The Morgan fingerprint density at radius 3 is 1.53 bits per heavy atom. The fourth-order valence-corrected chi connectivity index (χ4v) is 11.5. The van der Waals surface area contributed by atoms with Gasteiger partial charge >= 0.3 is 0 Å². The van der Waals surface area contributed by atoms with Crippen molar-refractivity contribution in [1.82, 2.24) is 9.55 Å². The van der Waals surface area contributed by atoms with Crippen molar-refractivity contribution < 1.29 is 44.2 Å². The zero-order chi connectivity index (χ0) is 70.0. The Balaban J connectivity index is 0.00000931.